The lowest BCUT2D eigenvalue weighted by Gasteiger charge is -2.31. The molecule has 0 N–H and O–H groups in total. The van der Waals surface area contributed by atoms with E-state index in [0.717, 1.165) is 67.0 Å². The molecule has 11 nitrogen and oxygen atoms in total. The Labute approximate surface area is 277 Å². The number of carbonyl (C=O) groups excluding carboxylic acids is 1. The van der Waals surface area contributed by atoms with Crippen molar-refractivity contribution in [2.24, 2.45) is 5.92 Å². The van der Waals surface area contributed by atoms with Crippen LogP contribution in [0.1, 0.15) is 58.8 Å². The minimum atomic E-state index is -0.588. The molecule has 0 spiro atoms. The number of carbonyl (C=O) groups is 1. The molecule has 2 aliphatic rings. The van der Waals surface area contributed by atoms with Gasteiger partial charge in [-0.3, -0.25) is 4.90 Å². The van der Waals surface area contributed by atoms with Crippen LogP contribution in [-0.2, 0) is 31.0 Å². The van der Waals surface area contributed by atoms with Gasteiger partial charge in [0, 0.05) is 31.9 Å². The predicted octanol–water partition coefficient (Wildman–Crippen LogP) is 5.51. The summed E-state index contributed by atoms with van der Waals surface area (Å²) in [5.74, 6) is 1.25. The zero-order chi connectivity index (χ0) is 33.0. The first-order chi connectivity index (χ1) is 23.4. The summed E-state index contributed by atoms with van der Waals surface area (Å²) in [7, 11) is 1.39. The number of piperidine rings is 1. The van der Waals surface area contributed by atoms with E-state index in [-0.39, 0.29) is 30.0 Å². The Morgan fingerprint density at radius 3 is 2.67 bits per heavy atom. The first-order valence-electron chi connectivity index (χ1n) is 16.2. The standard InChI is InChI=1S/C36H36FN7O4/c1-46-36(45)26-8-9-31-32(16-26)44(20-28-18-39-23-43(28)19-24-5-6-24)34(41-31)21-42-13-11-29(12-14-42)48-35-4-2-3-27(40-35)22-47-33-10-7-25(17-38)15-30(33)37/h2-4,7-10,15-16,18,23-24,29H,5-6,11-14,19-22H2,1H3. The van der Waals surface area contributed by atoms with Gasteiger partial charge >= 0.3 is 5.97 Å². The maximum absolute atomic E-state index is 14.2. The van der Waals surface area contributed by atoms with Gasteiger partial charge in [-0.2, -0.15) is 5.26 Å². The summed E-state index contributed by atoms with van der Waals surface area (Å²) >= 11 is 0. The molecule has 1 aliphatic heterocycles. The molecule has 2 aromatic carbocycles. The highest BCUT2D eigenvalue weighted by Crippen LogP contribution is 2.31. The topological polar surface area (TPSA) is 120 Å². The van der Waals surface area contributed by atoms with Crippen LogP contribution in [0, 0.1) is 23.1 Å². The Kier molecular flexibility index (Phi) is 9.03. The van der Waals surface area contributed by atoms with E-state index >= 15 is 0 Å². The van der Waals surface area contributed by atoms with Crippen LogP contribution >= 0.6 is 0 Å². The van der Waals surface area contributed by atoms with Gasteiger partial charge in [-0.05, 0) is 74.1 Å². The van der Waals surface area contributed by atoms with E-state index in [1.165, 1.54) is 32.1 Å². The summed E-state index contributed by atoms with van der Waals surface area (Å²) in [6, 6.07) is 17.0. The van der Waals surface area contributed by atoms with Gasteiger partial charge in [-0.25, -0.2) is 24.1 Å². The SMILES string of the molecule is COC(=O)c1ccc2nc(CN3CCC(Oc4cccc(COc5ccc(C#N)cc5F)n4)CC3)n(Cc3cncn3CC3CC3)c2c1. The number of likely N-dealkylation sites (tertiary alicyclic amines) is 1. The van der Waals surface area contributed by atoms with Gasteiger partial charge in [-0.15, -0.1) is 0 Å². The van der Waals surface area contributed by atoms with Crippen LogP contribution in [0.3, 0.4) is 0 Å². The first-order valence-corrected chi connectivity index (χ1v) is 16.2. The van der Waals surface area contributed by atoms with Crippen LogP contribution in [0.5, 0.6) is 11.6 Å². The summed E-state index contributed by atoms with van der Waals surface area (Å²) in [6.07, 6.45) is 7.99. The van der Waals surface area contributed by atoms with Crippen molar-refractivity contribution < 1.29 is 23.4 Å². The number of nitriles is 1. The van der Waals surface area contributed by atoms with Gasteiger partial charge < -0.3 is 23.3 Å². The summed E-state index contributed by atoms with van der Waals surface area (Å²) in [4.78, 5) is 28.8. The van der Waals surface area contributed by atoms with Crippen LogP contribution in [0.25, 0.3) is 11.0 Å². The smallest absolute Gasteiger partial charge is 0.337 e. The fourth-order valence-corrected chi connectivity index (χ4v) is 6.10. The highest BCUT2D eigenvalue weighted by Gasteiger charge is 2.25. The van der Waals surface area contributed by atoms with Crippen LogP contribution in [0.2, 0.25) is 0 Å². The molecule has 48 heavy (non-hydrogen) atoms. The number of ether oxygens (including phenoxy) is 3. The fraction of sp³-hybridized carbons (Fsp3) is 0.361. The molecule has 0 amide bonds. The van der Waals surface area contributed by atoms with E-state index < -0.39 is 5.82 Å². The van der Waals surface area contributed by atoms with Crippen molar-refractivity contribution in [1.82, 2.24) is 29.0 Å². The Hall–Kier alpha value is -5.28. The summed E-state index contributed by atoms with van der Waals surface area (Å²) in [5, 5.41) is 8.95. The van der Waals surface area contributed by atoms with Crippen LogP contribution in [-0.4, -0.2) is 61.3 Å². The molecule has 0 atom stereocenters. The Bertz CT molecular complexity index is 1970. The Morgan fingerprint density at radius 1 is 1.04 bits per heavy atom. The zero-order valence-corrected chi connectivity index (χ0v) is 26.7. The van der Waals surface area contributed by atoms with Gasteiger partial charge in [-0.1, -0.05) is 6.07 Å². The average molecular weight is 650 g/mol. The second-order valence-corrected chi connectivity index (χ2v) is 12.4. The molecule has 0 radical (unpaired) electrons. The monoisotopic (exact) mass is 649 g/mol. The van der Waals surface area contributed by atoms with E-state index in [1.807, 2.05) is 42.9 Å². The second-order valence-electron chi connectivity index (χ2n) is 12.4. The Morgan fingerprint density at radius 2 is 1.90 bits per heavy atom. The molecule has 7 rings (SSSR count). The predicted molar refractivity (Wildman–Crippen MR) is 174 cm³/mol. The highest BCUT2D eigenvalue weighted by molar-refractivity contribution is 5.93. The van der Waals surface area contributed by atoms with E-state index in [1.54, 1.807) is 12.1 Å². The fourth-order valence-electron chi connectivity index (χ4n) is 6.10. The number of pyridine rings is 1. The molecule has 1 aliphatic carbocycles. The molecule has 3 aromatic heterocycles. The number of hydrogen-bond acceptors (Lipinski definition) is 9. The van der Waals surface area contributed by atoms with E-state index in [0.29, 0.717) is 30.2 Å². The van der Waals surface area contributed by atoms with Crippen molar-refractivity contribution in [3.63, 3.8) is 0 Å². The third-order valence-electron chi connectivity index (χ3n) is 8.92. The molecule has 0 unspecified atom stereocenters. The number of nitrogens with zero attached hydrogens (tertiary/aromatic N) is 7. The van der Waals surface area contributed by atoms with Crippen molar-refractivity contribution in [3.8, 4) is 17.7 Å². The van der Waals surface area contributed by atoms with Crippen LogP contribution in [0.4, 0.5) is 4.39 Å². The third kappa shape index (κ3) is 7.16. The van der Waals surface area contributed by atoms with Gasteiger partial charge in [0.15, 0.2) is 11.6 Å². The summed E-state index contributed by atoms with van der Waals surface area (Å²) in [5.41, 5.74) is 4.18. The van der Waals surface area contributed by atoms with E-state index in [4.69, 9.17) is 24.5 Å². The maximum Gasteiger partial charge on any atom is 0.337 e. The third-order valence-corrected chi connectivity index (χ3v) is 8.92. The number of aromatic nitrogens is 5. The lowest BCUT2D eigenvalue weighted by molar-refractivity contribution is 0.0601. The lowest BCUT2D eigenvalue weighted by atomic mass is 10.1. The van der Waals surface area contributed by atoms with Crippen molar-refractivity contribution in [2.45, 2.75) is 58.0 Å². The van der Waals surface area contributed by atoms with Gasteiger partial charge in [0.1, 0.15) is 18.5 Å². The number of hydrogen-bond donors (Lipinski definition) is 0. The number of benzene rings is 2. The van der Waals surface area contributed by atoms with E-state index in [2.05, 4.69) is 24.0 Å². The van der Waals surface area contributed by atoms with E-state index in [9.17, 15) is 9.18 Å². The largest absolute Gasteiger partial charge is 0.484 e. The minimum absolute atomic E-state index is 0.000837. The maximum atomic E-state index is 14.2. The summed E-state index contributed by atoms with van der Waals surface area (Å²) < 4.78 is 35.5. The average Bonchev–Trinajstić information content (AvgIpc) is 3.72. The molecule has 0 bridgehead atoms. The summed E-state index contributed by atoms with van der Waals surface area (Å²) in [6.45, 7) is 3.94. The zero-order valence-electron chi connectivity index (χ0n) is 26.7. The number of imidazole rings is 2. The first kappa shape index (κ1) is 31.3. The second kappa shape index (κ2) is 13.8. The number of fused-ring (bicyclic) bond motifs is 1. The van der Waals surface area contributed by atoms with Crippen molar-refractivity contribution in [3.05, 3.63) is 101 Å². The van der Waals surface area contributed by atoms with Crippen LogP contribution in [0.15, 0.2) is 67.1 Å². The lowest BCUT2D eigenvalue weighted by Crippen LogP contribution is -2.38. The van der Waals surface area contributed by atoms with Gasteiger partial charge in [0.2, 0.25) is 5.88 Å². The molecule has 4 heterocycles. The van der Waals surface area contributed by atoms with Crippen molar-refractivity contribution >= 4 is 17.0 Å². The molecule has 2 fully saturated rings. The quantitative estimate of drug-likeness (QED) is 0.161. The van der Waals surface area contributed by atoms with Crippen molar-refractivity contribution in [1.29, 1.82) is 5.26 Å². The Balaban J connectivity index is 1.00. The molecular formula is C36H36FN7O4. The highest BCUT2D eigenvalue weighted by atomic mass is 19.1. The number of halogens is 1. The molecule has 1 saturated heterocycles. The molecule has 5 aromatic rings. The van der Waals surface area contributed by atoms with Gasteiger partial charge in [0.05, 0.1) is 66.1 Å². The molecule has 1 saturated carbocycles. The minimum Gasteiger partial charge on any atom is -0.484 e. The number of methoxy groups -OCH3 is 1. The normalized spacial score (nSPS) is 15.4. The van der Waals surface area contributed by atoms with Crippen LogP contribution < -0.4 is 9.47 Å². The number of esters is 1. The molecule has 246 valence electrons. The van der Waals surface area contributed by atoms with Gasteiger partial charge in [0.25, 0.3) is 0 Å². The van der Waals surface area contributed by atoms with Crippen molar-refractivity contribution in [2.75, 3.05) is 20.2 Å². The molecular weight excluding hydrogens is 613 g/mol. The number of rotatable bonds is 12. The molecule has 12 heteroatoms.